The Hall–Kier alpha value is -5.48. The van der Waals surface area contributed by atoms with Gasteiger partial charge in [0.25, 0.3) is 0 Å². The van der Waals surface area contributed by atoms with Crippen LogP contribution in [0.2, 0.25) is 0 Å². The Morgan fingerprint density at radius 1 is 0.661 bits per heavy atom. The maximum absolute atomic E-state index is 8.98. The van der Waals surface area contributed by atoms with Crippen molar-refractivity contribution < 1.29 is 34.1 Å². The monoisotopic (exact) mass is 915 g/mol. The smallest absolute Gasteiger partial charge is 0.121 e. The Bertz CT molecular complexity index is 3140. The van der Waals surface area contributed by atoms with Crippen LogP contribution in [0.4, 0.5) is 0 Å². The number of furan rings is 1. The molecule has 0 saturated heterocycles. The molecule has 0 saturated carbocycles. The molecule has 5 heteroatoms. The third-order valence-corrected chi connectivity index (χ3v) is 9.91. The molecule has 3 heterocycles. The van der Waals surface area contributed by atoms with Crippen molar-refractivity contribution in [3.05, 3.63) is 162 Å². The van der Waals surface area contributed by atoms with E-state index in [9.17, 15) is 0 Å². The van der Waals surface area contributed by atoms with Crippen molar-refractivity contribution in [3.8, 4) is 33.8 Å². The van der Waals surface area contributed by atoms with Gasteiger partial charge in [-0.1, -0.05) is 113 Å². The minimum absolute atomic E-state index is 0. The van der Waals surface area contributed by atoms with Crippen molar-refractivity contribution in [2.24, 2.45) is 0 Å². The van der Waals surface area contributed by atoms with Crippen LogP contribution in [0.5, 0.6) is 0 Å². The van der Waals surface area contributed by atoms with Gasteiger partial charge in [-0.15, -0.1) is 54.1 Å². The summed E-state index contributed by atoms with van der Waals surface area (Å²) >= 11 is 0. The van der Waals surface area contributed by atoms with E-state index in [4.69, 9.17) is 14.0 Å². The molecule has 0 aliphatic rings. The molecule has 0 aliphatic carbocycles. The number of fused-ring (bicyclic) bond motifs is 6. The molecule has 3 aromatic heterocycles. The summed E-state index contributed by atoms with van der Waals surface area (Å²) in [4.78, 5) is 13.4. The zero-order chi connectivity index (χ0) is 44.4. The first-order chi connectivity index (χ1) is 29.2. The van der Waals surface area contributed by atoms with Gasteiger partial charge in [0.1, 0.15) is 5.58 Å². The second-order valence-corrected chi connectivity index (χ2v) is 15.9. The quantitative estimate of drug-likeness (QED) is 0.131. The molecule has 0 atom stereocenters. The van der Waals surface area contributed by atoms with E-state index in [2.05, 4.69) is 78.2 Å². The Morgan fingerprint density at radius 3 is 2.23 bits per heavy atom. The van der Waals surface area contributed by atoms with Crippen LogP contribution in [0.15, 0.2) is 132 Å². The average Bonchev–Trinajstić information content (AvgIpc) is 3.59. The molecule has 56 heavy (non-hydrogen) atoms. The summed E-state index contributed by atoms with van der Waals surface area (Å²) in [6.45, 7) is 7.06. The van der Waals surface area contributed by atoms with E-state index in [0.29, 0.717) is 28.0 Å². The van der Waals surface area contributed by atoms with Gasteiger partial charge < -0.3 is 9.40 Å². The van der Waals surface area contributed by atoms with Crippen LogP contribution in [-0.2, 0) is 30.9 Å². The Morgan fingerprint density at radius 2 is 1.46 bits per heavy atom. The summed E-state index contributed by atoms with van der Waals surface area (Å²) < 4.78 is 65.4. The van der Waals surface area contributed by atoms with Gasteiger partial charge in [-0.2, -0.15) is 0 Å². The molecule has 9 aromatic rings. The standard InChI is InChI=1S/C37H30NO.C14H15N2.Ir/c1-22-17-26(37(3,4)5)15-16-27(22)31-19-34(38-21-23(31)2)30-12-8-11-29-33-18-25-14-13-24-9-6-7-10-28(24)32(25)20-35(33)39-36(29)30;1-14(2,3)12-9-10-15-13(16-12)11-7-5-4-6-8-11;/h6-11,13-21H,1-5H3;4-7,9-10H,1-3H3;/q2*-1;/i1D3,2D3,16D;;. The molecule has 0 bridgehead atoms. The molecule has 0 fully saturated rings. The topological polar surface area (TPSA) is 51.8 Å². The molecular formula is C51H45IrN3O-2. The zero-order valence-corrected chi connectivity index (χ0v) is 34.5. The molecule has 0 spiro atoms. The fraction of sp³-hybridized carbons (Fsp3) is 0.196. The largest absolute Gasteiger partial charge is 0.501 e. The normalized spacial score (nSPS) is 14.1. The minimum Gasteiger partial charge on any atom is -0.501 e. The summed E-state index contributed by atoms with van der Waals surface area (Å²) in [7, 11) is 0. The molecular weight excluding hydrogens is 863 g/mol. The van der Waals surface area contributed by atoms with E-state index in [-0.39, 0.29) is 53.8 Å². The van der Waals surface area contributed by atoms with Gasteiger partial charge in [-0.25, -0.2) is 0 Å². The van der Waals surface area contributed by atoms with Gasteiger partial charge in [0.05, 0.1) is 12.8 Å². The van der Waals surface area contributed by atoms with Crippen LogP contribution in [-0.4, -0.2) is 15.0 Å². The van der Waals surface area contributed by atoms with E-state index < -0.39 is 19.1 Å². The van der Waals surface area contributed by atoms with Gasteiger partial charge in [0, 0.05) is 57.2 Å². The van der Waals surface area contributed by atoms with E-state index in [1.165, 1.54) is 6.20 Å². The van der Waals surface area contributed by atoms with E-state index in [1.807, 2.05) is 81.6 Å². The molecule has 0 amide bonds. The van der Waals surface area contributed by atoms with Gasteiger partial charge in [0.15, 0.2) is 0 Å². The van der Waals surface area contributed by atoms with E-state index >= 15 is 0 Å². The van der Waals surface area contributed by atoms with Gasteiger partial charge in [-0.3, -0.25) is 9.97 Å². The summed E-state index contributed by atoms with van der Waals surface area (Å²) in [5.74, 6) is 0.744. The second kappa shape index (κ2) is 15.2. The van der Waals surface area contributed by atoms with Gasteiger partial charge >= 0.3 is 0 Å². The Kier molecular flexibility index (Phi) is 8.34. The van der Waals surface area contributed by atoms with Gasteiger partial charge in [0.2, 0.25) is 0 Å². The molecule has 1 radical (unpaired) electrons. The Labute approximate surface area is 353 Å². The molecule has 0 aliphatic heterocycles. The van der Waals surface area contributed by atoms with Crippen molar-refractivity contribution in [1.82, 2.24) is 15.0 Å². The van der Waals surface area contributed by atoms with Crippen LogP contribution in [0, 0.1) is 25.8 Å². The van der Waals surface area contributed by atoms with Crippen molar-refractivity contribution in [1.29, 1.82) is 0 Å². The number of benzene rings is 6. The number of hydrogen-bond acceptors (Lipinski definition) is 4. The third kappa shape index (κ3) is 7.54. The molecule has 281 valence electrons. The number of hydrogen-bond donors (Lipinski definition) is 0. The van der Waals surface area contributed by atoms with Crippen molar-refractivity contribution in [3.63, 3.8) is 0 Å². The van der Waals surface area contributed by atoms with Crippen LogP contribution in [0.25, 0.3) is 77.3 Å². The molecule has 6 aromatic carbocycles. The van der Waals surface area contributed by atoms with E-state index in [0.717, 1.165) is 49.4 Å². The molecule has 9 rings (SSSR count). The van der Waals surface area contributed by atoms with Crippen LogP contribution < -0.4 is 0 Å². The molecule has 0 unspecified atom stereocenters. The summed E-state index contributed by atoms with van der Waals surface area (Å²) in [5, 5.41) is 6.16. The summed E-state index contributed by atoms with van der Waals surface area (Å²) in [6.07, 6.45) is 3.07. The number of rotatable bonds is 3. The maximum atomic E-state index is 8.98. The summed E-state index contributed by atoms with van der Waals surface area (Å²) in [5.41, 5.74) is 4.36. The molecule has 4 nitrogen and oxygen atoms in total. The second-order valence-electron chi connectivity index (χ2n) is 15.9. The Balaban J connectivity index is 0.000000295. The predicted molar refractivity (Wildman–Crippen MR) is 229 cm³/mol. The predicted octanol–water partition coefficient (Wildman–Crippen LogP) is 13.6. The van der Waals surface area contributed by atoms with Crippen LogP contribution in [0.3, 0.4) is 0 Å². The first kappa shape index (κ1) is 30.7. The first-order valence-corrected chi connectivity index (χ1v) is 18.3. The first-order valence-electron chi connectivity index (χ1n) is 21.8. The average molecular weight is 915 g/mol. The number of nitrogens with zero attached hydrogens (tertiary/aromatic N) is 3. The fourth-order valence-corrected chi connectivity index (χ4v) is 6.82. The van der Waals surface area contributed by atoms with Crippen molar-refractivity contribution in [2.75, 3.05) is 0 Å². The molecule has 0 N–H and O–H groups in total. The SMILES string of the molecule is CC(C)(C)c1ccnc(-c2[c-]cccc2)n1.[2H]c1cc(C(C)(C)C)cc(C([2H])([2H])[2H])c1-c1cc(-c2[c-]ccc3c2oc2cc4c(ccc5ccccc54)cc23)ncc1C([2H])([2H])[2H].[Ir]. The van der Waals surface area contributed by atoms with Crippen LogP contribution >= 0.6 is 0 Å². The van der Waals surface area contributed by atoms with Crippen molar-refractivity contribution in [2.45, 2.75) is 66.1 Å². The number of aryl methyl sites for hydroxylation is 2. The fourth-order valence-electron chi connectivity index (χ4n) is 6.82. The number of pyridine rings is 1. The third-order valence-electron chi connectivity index (χ3n) is 9.91. The van der Waals surface area contributed by atoms with Gasteiger partial charge in [-0.05, 0) is 92.4 Å². The van der Waals surface area contributed by atoms with Crippen molar-refractivity contribution >= 4 is 43.5 Å². The maximum Gasteiger partial charge on any atom is 0.121 e. The van der Waals surface area contributed by atoms with Crippen LogP contribution in [0.1, 0.15) is 73.5 Å². The minimum atomic E-state index is -2.61. The van der Waals surface area contributed by atoms with E-state index in [1.54, 1.807) is 24.3 Å². The zero-order valence-electron chi connectivity index (χ0n) is 39.1. The summed E-state index contributed by atoms with van der Waals surface area (Å²) in [6, 6.07) is 41.0. The number of aromatic nitrogens is 3.